The van der Waals surface area contributed by atoms with E-state index >= 15 is 0 Å². The molecular weight excluding hydrogens is 502 g/mol. The fraction of sp³-hybridized carbons (Fsp3) is 0.600. The topological polar surface area (TPSA) is 108 Å². The number of benzene rings is 1. The summed E-state index contributed by atoms with van der Waals surface area (Å²) in [5.41, 5.74) is 0.842. The quantitative estimate of drug-likeness (QED) is 0.378. The second-order valence-electron chi connectivity index (χ2n) is 10.1. The van der Waals surface area contributed by atoms with Crippen LogP contribution in [0.2, 0.25) is 0 Å². The third-order valence-corrected chi connectivity index (χ3v) is 7.64. The van der Waals surface area contributed by atoms with E-state index in [-0.39, 0.29) is 42.3 Å². The SMILES string of the molecule is CCOC1OC(C(=O)N(C)C2CCCCC2)=CC(c2coc3ccccc3c2=O)C1CCOCCOCCO. The minimum Gasteiger partial charge on any atom is -0.464 e. The Balaban J connectivity index is 1.63. The van der Waals surface area contributed by atoms with Crippen molar-refractivity contribution >= 4 is 16.9 Å². The van der Waals surface area contributed by atoms with Crippen LogP contribution in [0.4, 0.5) is 0 Å². The lowest BCUT2D eigenvalue weighted by Gasteiger charge is -2.38. The number of hydrogen-bond acceptors (Lipinski definition) is 8. The predicted octanol–water partition coefficient (Wildman–Crippen LogP) is 3.98. The van der Waals surface area contributed by atoms with Gasteiger partial charge in [-0.2, -0.15) is 0 Å². The number of fused-ring (bicyclic) bond motifs is 1. The molecule has 9 nitrogen and oxygen atoms in total. The minimum absolute atomic E-state index is 0.0329. The van der Waals surface area contributed by atoms with Crippen LogP contribution >= 0.6 is 0 Å². The van der Waals surface area contributed by atoms with E-state index in [1.807, 2.05) is 26.1 Å². The van der Waals surface area contributed by atoms with E-state index in [9.17, 15) is 9.59 Å². The first-order chi connectivity index (χ1) is 19.0. The summed E-state index contributed by atoms with van der Waals surface area (Å²) in [6, 6.07) is 7.32. The van der Waals surface area contributed by atoms with E-state index in [2.05, 4.69) is 0 Å². The molecule has 1 aliphatic heterocycles. The highest BCUT2D eigenvalue weighted by atomic mass is 16.7. The van der Waals surface area contributed by atoms with Crippen LogP contribution in [0, 0.1) is 5.92 Å². The second-order valence-corrected chi connectivity index (χ2v) is 10.1. The summed E-state index contributed by atoms with van der Waals surface area (Å²) in [7, 11) is 1.83. The molecule has 3 atom stereocenters. The Morgan fingerprint density at radius 3 is 2.56 bits per heavy atom. The Morgan fingerprint density at radius 2 is 1.82 bits per heavy atom. The number of carbonyl (C=O) groups excluding carboxylic acids is 1. The van der Waals surface area contributed by atoms with Gasteiger partial charge in [-0.25, -0.2) is 0 Å². The fourth-order valence-corrected chi connectivity index (χ4v) is 5.52. The number of aliphatic hydroxyl groups is 1. The maximum Gasteiger partial charge on any atom is 0.288 e. The highest BCUT2D eigenvalue weighted by Gasteiger charge is 2.40. The van der Waals surface area contributed by atoms with Gasteiger partial charge < -0.3 is 33.4 Å². The molecule has 0 saturated heterocycles. The normalized spacial score (nSPS) is 21.9. The van der Waals surface area contributed by atoms with Gasteiger partial charge in [0.05, 0.1) is 38.1 Å². The van der Waals surface area contributed by atoms with Crippen LogP contribution in [0.1, 0.15) is 56.9 Å². The molecule has 9 heteroatoms. The Hall–Kier alpha value is -2.72. The van der Waals surface area contributed by atoms with Crippen LogP contribution < -0.4 is 5.43 Å². The summed E-state index contributed by atoms with van der Waals surface area (Å²) < 4.78 is 29.1. The summed E-state index contributed by atoms with van der Waals surface area (Å²) in [6.07, 6.45) is 8.43. The average Bonchev–Trinajstić information content (AvgIpc) is 2.97. The van der Waals surface area contributed by atoms with E-state index in [0.29, 0.717) is 49.4 Å². The number of carbonyl (C=O) groups is 1. The third-order valence-electron chi connectivity index (χ3n) is 7.64. The third kappa shape index (κ3) is 7.28. The molecule has 1 saturated carbocycles. The smallest absolute Gasteiger partial charge is 0.288 e. The molecule has 0 radical (unpaired) electrons. The molecule has 2 heterocycles. The van der Waals surface area contributed by atoms with Crippen molar-refractivity contribution in [3.05, 3.63) is 58.2 Å². The number of ether oxygens (including phenoxy) is 4. The maximum absolute atomic E-state index is 13.6. The van der Waals surface area contributed by atoms with Crippen LogP contribution in [-0.2, 0) is 23.7 Å². The molecule has 214 valence electrons. The number of para-hydroxylation sites is 1. The highest BCUT2D eigenvalue weighted by molar-refractivity contribution is 5.92. The molecule has 1 fully saturated rings. The van der Waals surface area contributed by atoms with Gasteiger partial charge in [0.25, 0.3) is 5.91 Å². The van der Waals surface area contributed by atoms with E-state index < -0.39 is 12.2 Å². The second kappa shape index (κ2) is 14.6. The van der Waals surface area contributed by atoms with Gasteiger partial charge in [0, 0.05) is 43.7 Å². The standard InChI is InChI=1S/C30H41NO8/c1-3-37-30-22(13-15-35-17-18-36-16-14-32)24(25-20-38-26-12-8-7-11-23(26)28(25)33)19-27(39-30)29(34)31(2)21-9-5-4-6-10-21/h7-8,11-12,19-22,24,30,32H,3-6,9-10,13-18H2,1-2H3. The number of likely N-dealkylation sites (N-methyl/N-ethyl adjacent to an activating group) is 1. The molecule has 1 aromatic heterocycles. The molecular formula is C30H41NO8. The summed E-state index contributed by atoms with van der Waals surface area (Å²) in [5.74, 6) is -0.751. The van der Waals surface area contributed by atoms with Crippen LogP contribution in [0.25, 0.3) is 11.0 Å². The summed E-state index contributed by atoms with van der Waals surface area (Å²) in [6.45, 7) is 3.63. The van der Waals surface area contributed by atoms with Gasteiger partial charge in [0.1, 0.15) is 5.58 Å². The van der Waals surface area contributed by atoms with E-state index in [0.717, 1.165) is 25.7 Å². The monoisotopic (exact) mass is 543 g/mol. The lowest BCUT2D eigenvalue weighted by Crippen LogP contribution is -2.44. The molecule has 1 aliphatic carbocycles. The van der Waals surface area contributed by atoms with E-state index in [1.165, 1.54) is 12.7 Å². The van der Waals surface area contributed by atoms with Crippen LogP contribution in [0.15, 0.2) is 51.6 Å². The molecule has 1 amide bonds. The number of amides is 1. The van der Waals surface area contributed by atoms with Gasteiger partial charge in [-0.05, 0) is 44.4 Å². The Labute approximate surface area is 229 Å². The van der Waals surface area contributed by atoms with Gasteiger partial charge in [-0.1, -0.05) is 31.4 Å². The predicted molar refractivity (Wildman–Crippen MR) is 146 cm³/mol. The summed E-state index contributed by atoms with van der Waals surface area (Å²) >= 11 is 0. The van der Waals surface area contributed by atoms with E-state index in [1.54, 1.807) is 23.1 Å². The van der Waals surface area contributed by atoms with Crippen molar-refractivity contribution in [1.82, 2.24) is 4.90 Å². The van der Waals surface area contributed by atoms with Crippen molar-refractivity contribution in [2.24, 2.45) is 5.92 Å². The zero-order valence-corrected chi connectivity index (χ0v) is 23.0. The van der Waals surface area contributed by atoms with E-state index in [4.69, 9.17) is 28.5 Å². The van der Waals surface area contributed by atoms with Crippen molar-refractivity contribution in [2.75, 3.05) is 46.7 Å². The van der Waals surface area contributed by atoms with Crippen LogP contribution in [-0.4, -0.2) is 74.9 Å². The zero-order chi connectivity index (χ0) is 27.6. The van der Waals surface area contributed by atoms with Crippen molar-refractivity contribution in [1.29, 1.82) is 0 Å². The minimum atomic E-state index is -0.733. The molecule has 39 heavy (non-hydrogen) atoms. The first kappa shape index (κ1) is 29.3. The fourth-order valence-electron chi connectivity index (χ4n) is 5.52. The lowest BCUT2D eigenvalue weighted by molar-refractivity contribution is -0.172. The molecule has 0 spiro atoms. The number of aliphatic hydroxyl groups excluding tert-OH is 1. The molecule has 3 unspecified atom stereocenters. The molecule has 2 aromatic rings. The summed E-state index contributed by atoms with van der Waals surface area (Å²) in [4.78, 5) is 29.1. The molecule has 1 N–H and O–H groups in total. The van der Waals surface area contributed by atoms with Gasteiger partial charge in [-0.3, -0.25) is 9.59 Å². The Kier molecular flexibility index (Phi) is 11.0. The van der Waals surface area contributed by atoms with Crippen molar-refractivity contribution < 1.29 is 33.3 Å². The molecule has 4 rings (SSSR count). The zero-order valence-electron chi connectivity index (χ0n) is 23.0. The van der Waals surface area contributed by atoms with Crippen molar-refractivity contribution in [2.45, 2.75) is 63.7 Å². The number of hydrogen-bond donors (Lipinski definition) is 1. The van der Waals surface area contributed by atoms with Crippen molar-refractivity contribution in [3.63, 3.8) is 0 Å². The number of nitrogens with zero attached hydrogens (tertiary/aromatic N) is 1. The van der Waals surface area contributed by atoms with Crippen LogP contribution in [0.3, 0.4) is 0 Å². The average molecular weight is 544 g/mol. The van der Waals surface area contributed by atoms with Gasteiger partial charge in [-0.15, -0.1) is 0 Å². The first-order valence-corrected chi connectivity index (χ1v) is 14.1. The molecule has 2 aliphatic rings. The number of allylic oxidation sites excluding steroid dienone is 1. The molecule has 1 aromatic carbocycles. The summed E-state index contributed by atoms with van der Waals surface area (Å²) in [5, 5.41) is 9.35. The van der Waals surface area contributed by atoms with Crippen LogP contribution in [0.5, 0.6) is 0 Å². The largest absolute Gasteiger partial charge is 0.464 e. The Bertz CT molecular complexity index is 1160. The maximum atomic E-state index is 13.6. The van der Waals surface area contributed by atoms with Gasteiger partial charge in [0.2, 0.25) is 6.29 Å². The first-order valence-electron chi connectivity index (χ1n) is 14.1. The lowest BCUT2D eigenvalue weighted by atomic mass is 9.81. The highest BCUT2D eigenvalue weighted by Crippen LogP contribution is 2.39. The molecule has 0 bridgehead atoms. The Morgan fingerprint density at radius 1 is 1.08 bits per heavy atom. The van der Waals surface area contributed by atoms with Gasteiger partial charge in [0.15, 0.2) is 11.2 Å². The van der Waals surface area contributed by atoms with Crippen molar-refractivity contribution in [3.8, 4) is 0 Å². The van der Waals surface area contributed by atoms with Gasteiger partial charge >= 0.3 is 0 Å². The number of rotatable bonds is 13.